The molecular formula is C10H19N3O. The van der Waals surface area contributed by atoms with Crippen LogP contribution in [0.3, 0.4) is 0 Å². The lowest BCUT2D eigenvalue weighted by Crippen LogP contribution is -2.34. The minimum absolute atomic E-state index is 0.213. The zero-order valence-electron chi connectivity index (χ0n) is 9.36. The molecule has 0 aromatic carbocycles. The first-order valence-corrected chi connectivity index (χ1v) is 5.06. The molecule has 0 spiro atoms. The smallest absolute Gasteiger partial charge is 0.138 e. The van der Waals surface area contributed by atoms with E-state index in [9.17, 15) is 5.11 Å². The molecule has 80 valence electrons. The summed E-state index contributed by atoms with van der Waals surface area (Å²) in [7, 11) is 0. The van der Waals surface area contributed by atoms with Gasteiger partial charge in [0.2, 0.25) is 0 Å². The van der Waals surface area contributed by atoms with Gasteiger partial charge in [0.15, 0.2) is 0 Å². The van der Waals surface area contributed by atoms with E-state index in [2.05, 4.69) is 10.1 Å². The monoisotopic (exact) mass is 197 g/mol. The first kappa shape index (κ1) is 11.2. The van der Waals surface area contributed by atoms with E-state index in [0.29, 0.717) is 6.42 Å². The summed E-state index contributed by atoms with van der Waals surface area (Å²) in [6, 6.07) is 0. The molecule has 1 aromatic heterocycles. The standard InChI is InChI=1S/C10H19N3O/c1-5-13-9(11-7-12-13)6-10(4,14)8(2)3/h7-8,14H,5-6H2,1-4H3. The van der Waals surface area contributed by atoms with E-state index >= 15 is 0 Å². The van der Waals surface area contributed by atoms with Crippen molar-refractivity contribution >= 4 is 0 Å². The van der Waals surface area contributed by atoms with Gasteiger partial charge in [-0.2, -0.15) is 5.10 Å². The molecule has 1 rings (SSSR count). The Morgan fingerprint density at radius 1 is 1.57 bits per heavy atom. The predicted octanol–water partition coefficient (Wildman–Crippen LogP) is 1.25. The summed E-state index contributed by atoms with van der Waals surface area (Å²) >= 11 is 0. The van der Waals surface area contributed by atoms with Crippen LogP contribution in [0, 0.1) is 5.92 Å². The van der Waals surface area contributed by atoms with Crippen LogP contribution in [0.15, 0.2) is 6.33 Å². The van der Waals surface area contributed by atoms with Gasteiger partial charge in [0.1, 0.15) is 12.2 Å². The highest BCUT2D eigenvalue weighted by molar-refractivity contribution is 4.93. The van der Waals surface area contributed by atoms with Gasteiger partial charge in [-0.05, 0) is 19.8 Å². The van der Waals surface area contributed by atoms with Gasteiger partial charge in [0.25, 0.3) is 0 Å². The Bertz CT molecular complexity index is 291. The molecule has 1 aromatic rings. The third-order valence-corrected chi connectivity index (χ3v) is 2.76. The highest BCUT2D eigenvalue weighted by Gasteiger charge is 2.27. The van der Waals surface area contributed by atoms with Gasteiger partial charge >= 0.3 is 0 Å². The quantitative estimate of drug-likeness (QED) is 0.790. The van der Waals surface area contributed by atoms with E-state index < -0.39 is 5.60 Å². The van der Waals surface area contributed by atoms with Crippen molar-refractivity contribution in [1.82, 2.24) is 14.8 Å². The third kappa shape index (κ3) is 2.32. The molecule has 0 saturated heterocycles. The molecule has 0 amide bonds. The molecular weight excluding hydrogens is 178 g/mol. The van der Waals surface area contributed by atoms with Crippen LogP contribution in [0.4, 0.5) is 0 Å². The van der Waals surface area contributed by atoms with E-state index in [0.717, 1.165) is 12.4 Å². The normalized spacial score (nSPS) is 15.9. The van der Waals surface area contributed by atoms with Crippen LogP contribution in [-0.2, 0) is 13.0 Å². The maximum atomic E-state index is 10.1. The zero-order chi connectivity index (χ0) is 10.8. The highest BCUT2D eigenvalue weighted by Crippen LogP contribution is 2.20. The van der Waals surface area contributed by atoms with Crippen LogP contribution >= 0.6 is 0 Å². The van der Waals surface area contributed by atoms with Gasteiger partial charge in [0, 0.05) is 13.0 Å². The van der Waals surface area contributed by atoms with Crippen molar-refractivity contribution in [2.45, 2.75) is 46.3 Å². The molecule has 1 atom stereocenters. The average molecular weight is 197 g/mol. The second-order valence-corrected chi connectivity index (χ2v) is 4.18. The zero-order valence-corrected chi connectivity index (χ0v) is 9.36. The molecule has 1 unspecified atom stereocenters. The number of rotatable bonds is 4. The van der Waals surface area contributed by atoms with Crippen LogP contribution in [0.5, 0.6) is 0 Å². The van der Waals surface area contributed by atoms with Crippen molar-refractivity contribution in [1.29, 1.82) is 0 Å². The Balaban J connectivity index is 2.78. The number of hydrogen-bond donors (Lipinski definition) is 1. The summed E-state index contributed by atoms with van der Waals surface area (Å²) in [5.74, 6) is 1.07. The molecule has 1 N–H and O–H groups in total. The second kappa shape index (κ2) is 4.09. The lowest BCUT2D eigenvalue weighted by Gasteiger charge is -2.27. The second-order valence-electron chi connectivity index (χ2n) is 4.18. The predicted molar refractivity (Wildman–Crippen MR) is 54.9 cm³/mol. The van der Waals surface area contributed by atoms with Crippen LogP contribution in [-0.4, -0.2) is 25.5 Å². The largest absolute Gasteiger partial charge is 0.389 e. The van der Waals surface area contributed by atoms with E-state index in [1.807, 2.05) is 32.4 Å². The minimum atomic E-state index is -0.708. The maximum Gasteiger partial charge on any atom is 0.138 e. The Hall–Kier alpha value is -0.900. The number of aliphatic hydroxyl groups is 1. The Labute approximate surface area is 85.0 Å². The summed E-state index contributed by atoms with van der Waals surface area (Å²) in [5.41, 5.74) is -0.708. The van der Waals surface area contributed by atoms with Crippen LogP contribution in [0.25, 0.3) is 0 Å². The fourth-order valence-electron chi connectivity index (χ4n) is 1.21. The maximum absolute atomic E-state index is 10.1. The molecule has 14 heavy (non-hydrogen) atoms. The Morgan fingerprint density at radius 2 is 2.21 bits per heavy atom. The topological polar surface area (TPSA) is 50.9 Å². The van der Waals surface area contributed by atoms with Crippen LogP contribution in [0.2, 0.25) is 0 Å². The van der Waals surface area contributed by atoms with Crippen LogP contribution in [0.1, 0.15) is 33.5 Å². The van der Waals surface area contributed by atoms with Crippen molar-refractivity contribution in [3.05, 3.63) is 12.2 Å². The van der Waals surface area contributed by atoms with Crippen molar-refractivity contribution in [3.8, 4) is 0 Å². The molecule has 0 radical (unpaired) electrons. The van der Waals surface area contributed by atoms with E-state index in [-0.39, 0.29) is 5.92 Å². The van der Waals surface area contributed by atoms with Crippen molar-refractivity contribution in [2.75, 3.05) is 0 Å². The lowest BCUT2D eigenvalue weighted by atomic mass is 9.89. The molecule has 0 aliphatic rings. The van der Waals surface area contributed by atoms with Crippen molar-refractivity contribution in [3.63, 3.8) is 0 Å². The fourth-order valence-corrected chi connectivity index (χ4v) is 1.21. The van der Waals surface area contributed by atoms with Crippen molar-refractivity contribution < 1.29 is 5.11 Å². The minimum Gasteiger partial charge on any atom is -0.389 e. The Kier molecular flexibility index (Phi) is 3.26. The molecule has 0 bridgehead atoms. The molecule has 4 nitrogen and oxygen atoms in total. The molecule has 0 aliphatic carbocycles. The van der Waals surface area contributed by atoms with Gasteiger partial charge in [-0.15, -0.1) is 0 Å². The van der Waals surface area contributed by atoms with Gasteiger partial charge in [-0.3, -0.25) is 4.68 Å². The third-order valence-electron chi connectivity index (χ3n) is 2.76. The Morgan fingerprint density at radius 3 is 2.71 bits per heavy atom. The summed E-state index contributed by atoms with van der Waals surface area (Å²) in [4.78, 5) is 4.15. The number of aryl methyl sites for hydroxylation is 1. The van der Waals surface area contributed by atoms with Crippen molar-refractivity contribution in [2.24, 2.45) is 5.92 Å². The summed E-state index contributed by atoms with van der Waals surface area (Å²) in [5, 5.41) is 14.2. The first-order chi connectivity index (χ1) is 6.47. The fraction of sp³-hybridized carbons (Fsp3) is 0.800. The molecule has 4 heteroatoms. The van der Waals surface area contributed by atoms with E-state index in [1.165, 1.54) is 6.33 Å². The summed E-state index contributed by atoms with van der Waals surface area (Å²) < 4.78 is 1.82. The number of aromatic nitrogens is 3. The highest BCUT2D eigenvalue weighted by atomic mass is 16.3. The van der Waals surface area contributed by atoms with E-state index in [1.54, 1.807) is 0 Å². The molecule has 0 fully saturated rings. The average Bonchev–Trinajstić information content (AvgIpc) is 2.50. The SMILES string of the molecule is CCn1ncnc1CC(C)(O)C(C)C. The number of hydrogen-bond acceptors (Lipinski definition) is 3. The molecule has 0 saturated carbocycles. The lowest BCUT2D eigenvalue weighted by molar-refractivity contribution is 0.0112. The van der Waals surface area contributed by atoms with Gasteiger partial charge in [-0.1, -0.05) is 13.8 Å². The number of nitrogens with zero attached hydrogens (tertiary/aromatic N) is 3. The van der Waals surface area contributed by atoms with Crippen LogP contribution < -0.4 is 0 Å². The molecule has 0 aliphatic heterocycles. The van der Waals surface area contributed by atoms with E-state index in [4.69, 9.17) is 0 Å². The van der Waals surface area contributed by atoms with Gasteiger partial charge < -0.3 is 5.11 Å². The first-order valence-electron chi connectivity index (χ1n) is 5.06. The summed E-state index contributed by atoms with van der Waals surface area (Å²) in [6.07, 6.45) is 2.09. The van der Waals surface area contributed by atoms with Gasteiger partial charge in [0.05, 0.1) is 5.60 Å². The van der Waals surface area contributed by atoms with Gasteiger partial charge in [-0.25, -0.2) is 4.98 Å². The molecule has 1 heterocycles. The summed E-state index contributed by atoms with van der Waals surface area (Å²) in [6.45, 7) is 8.66.